The lowest BCUT2D eigenvalue weighted by molar-refractivity contribution is 0.173. The number of hydrogen-bond donors (Lipinski definition) is 1. The number of pyridine rings is 1. The molecule has 1 atom stereocenters. The number of carbonyl (C=O) groups is 1. The van der Waals surface area contributed by atoms with Crippen LogP contribution in [-0.4, -0.2) is 23.1 Å². The summed E-state index contributed by atoms with van der Waals surface area (Å²) in [5, 5.41) is 0. The van der Waals surface area contributed by atoms with Crippen LogP contribution in [0.3, 0.4) is 0 Å². The average molecular weight is 214 g/mol. The Hall–Kier alpha value is -1.30. The first-order valence-electron chi connectivity index (χ1n) is 3.94. The van der Waals surface area contributed by atoms with Crippen molar-refractivity contribution < 1.29 is 13.9 Å². The van der Waals surface area contributed by atoms with E-state index >= 15 is 0 Å². The summed E-state index contributed by atoms with van der Waals surface area (Å²) < 4.78 is 17.5. The second-order valence-corrected chi connectivity index (χ2v) is 3.36. The predicted octanol–water partition coefficient (Wildman–Crippen LogP) is 1.43. The summed E-state index contributed by atoms with van der Waals surface area (Å²) in [5.74, 6) is -0.627. The van der Waals surface area contributed by atoms with Crippen molar-refractivity contribution >= 4 is 24.4 Å². The second kappa shape index (κ2) is 3.45. The SMILES string of the molecule is O=C1O[C@@H](S)CN1c1ccnc(F)c1. The molecule has 1 aromatic heterocycles. The summed E-state index contributed by atoms with van der Waals surface area (Å²) >= 11 is 3.99. The smallest absolute Gasteiger partial charge is 0.415 e. The molecule has 0 saturated carbocycles. The third-order valence-electron chi connectivity index (χ3n) is 1.82. The van der Waals surface area contributed by atoms with E-state index in [2.05, 4.69) is 17.6 Å². The van der Waals surface area contributed by atoms with E-state index < -0.39 is 17.5 Å². The highest BCUT2D eigenvalue weighted by Crippen LogP contribution is 2.22. The Labute approximate surface area is 85.1 Å². The summed E-state index contributed by atoms with van der Waals surface area (Å²) in [6.07, 6.45) is 0.777. The van der Waals surface area contributed by atoms with Gasteiger partial charge in [-0.05, 0) is 6.07 Å². The molecule has 1 aromatic rings. The maximum Gasteiger partial charge on any atom is 0.415 e. The van der Waals surface area contributed by atoms with Crippen molar-refractivity contribution in [3.63, 3.8) is 0 Å². The molecule has 6 heteroatoms. The highest BCUT2D eigenvalue weighted by Gasteiger charge is 2.30. The fourth-order valence-corrected chi connectivity index (χ4v) is 1.47. The number of amides is 1. The normalized spacial score (nSPS) is 21.1. The molecule has 0 aliphatic carbocycles. The number of ether oxygens (including phenoxy) is 1. The predicted molar refractivity (Wildman–Crippen MR) is 50.8 cm³/mol. The van der Waals surface area contributed by atoms with Gasteiger partial charge in [-0.25, -0.2) is 9.78 Å². The van der Waals surface area contributed by atoms with Crippen LogP contribution in [0.4, 0.5) is 14.9 Å². The molecule has 74 valence electrons. The molecule has 14 heavy (non-hydrogen) atoms. The Balaban J connectivity index is 2.27. The largest absolute Gasteiger partial charge is 0.433 e. The Morgan fingerprint density at radius 1 is 1.71 bits per heavy atom. The van der Waals surface area contributed by atoms with Crippen molar-refractivity contribution in [2.75, 3.05) is 11.4 Å². The molecule has 1 saturated heterocycles. The van der Waals surface area contributed by atoms with Crippen LogP contribution in [0.2, 0.25) is 0 Å². The zero-order valence-electron chi connectivity index (χ0n) is 7.05. The van der Waals surface area contributed by atoms with Gasteiger partial charge < -0.3 is 4.74 Å². The molecule has 0 unspecified atom stereocenters. The fraction of sp³-hybridized carbons (Fsp3) is 0.250. The van der Waals surface area contributed by atoms with Crippen molar-refractivity contribution in [1.29, 1.82) is 0 Å². The van der Waals surface area contributed by atoms with E-state index in [-0.39, 0.29) is 0 Å². The summed E-state index contributed by atoms with van der Waals surface area (Å²) in [4.78, 5) is 15.9. The van der Waals surface area contributed by atoms with E-state index in [1.54, 1.807) is 0 Å². The number of hydrogen-bond acceptors (Lipinski definition) is 4. The monoisotopic (exact) mass is 214 g/mol. The number of nitrogens with zero attached hydrogens (tertiary/aromatic N) is 2. The molecule has 1 aliphatic rings. The van der Waals surface area contributed by atoms with E-state index in [1.165, 1.54) is 23.2 Å². The first-order chi connectivity index (χ1) is 6.66. The molecule has 0 radical (unpaired) electrons. The van der Waals surface area contributed by atoms with Crippen molar-refractivity contribution in [1.82, 2.24) is 4.98 Å². The summed E-state index contributed by atoms with van der Waals surface area (Å²) in [7, 11) is 0. The number of carbonyl (C=O) groups excluding carboxylic acids is 1. The van der Waals surface area contributed by atoms with Crippen molar-refractivity contribution in [3.8, 4) is 0 Å². The van der Waals surface area contributed by atoms with Gasteiger partial charge in [0.2, 0.25) is 5.95 Å². The zero-order chi connectivity index (χ0) is 10.1. The van der Waals surface area contributed by atoms with Gasteiger partial charge in [0.15, 0.2) is 5.44 Å². The Bertz CT molecular complexity index is 374. The van der Waals surface area contributed by atoms with Gasteiger partial charge in [-0.2, -0.15) is 4.39 Å². The van der Waals surface area contributed by atoms with Gasteiger partial charge in [0, 0.05) is 12.3 Å². The van der Waals surface area contributed by atoms with E-state index in [0.717, 1.165) is 0 Å². The van der Waals surface area contributed by atoms with Gasteiger partial charge in [0.1, 0.15) is 0 Å². The molecule has 1 fully saturated rings. The number of aromatic nitrogens is 1. The number of halogens is 1. The van der Waals surface area contributed by atoms with Crippen LogP contribution in [-0.2, 0) is 4.74 Å². The molecular weight excluding hydrogens is 207 g/mol. The number of rotatable bonds is 1. The quantitative estimate of drug-likeness (QED) is 0.568. The third-order valence-corrected chi connectivity index (χ3v) is 2.09. The van der Waals surface area contributed by atoms with Crippen LogP contribution in [0.25, 0.3) is 0 Å². The van der Waals surface area contributed by atoms with Gasteiger partial charge in [0.25, 0.3) is 0 Å². The fourth-order valence-electron chi connectivity index (χ4n) is 1.22. The number of thiol groups is 1. The molecular formula is C8H7FN2O2S. The topological polar surface area (TPSA) is 42.4 Å². The van der Waals surface area contributed by atoms with Gasteiger partial charge >= 0.3 is 6.09 Å². The lowest BCUT2D eigenvalue weighted by Gasteiger charge is -2.11. The highest BCUT2D eigenvalue weighted by molar-refractivity contribution is 7.80. The summed E-state index contributed by atoms with van der Waals surface area (Å²) in [6.45, 7) is 0.311. The molecule has 1 amide bonds. The van der Waals surface area contributed by atoms with E-state index in [9.17, 15) is 9.18 Å². The van der Waals surface area contributed by atoms with Crippen LogP contribution in [0.15, 0.2) is 18.3 Å². The number of cyclic esters (lactones) is 1. The van der Waals surface area contributed by atoms with Crippen LogP contribution in [0.5, 0.6) is 0 Å². The first kappa shape index (κ1) is 9.26. The first-order valence-corrected chi connectivity index (χ1v) is 4.46. The minimum Gasteiger partial charge on any atom is -0.433 e. The van der Waals surface area contributed by atoms with Gasteiger partial charge in [0.05, 0.1) is 12.2 Å². The standard InChI is InChI=1S/C8H7FN2O2S/c9-6-3-5(1-2-10-6)11-4-7(14)13-8(11)12/h1-3,7,14H,4H2/t7-/m0/s1. The average Bonchev–Trinajstić information content (AvgIpc) is 2.45. The van der Waals surface area contributed by atoms with Gasteiger partial charge in [-0.15, -0.1) is 12.6 Å². The van der Waals surface area contributed by atoms with E-state index in [0.29, 0.717) is 12.2 Å². The van der Waals surface area contributed by atoms with Gasteiger partial charge in [-0.3, -0.25) is 4.90 Å². The number of anilines is 1. The minimum absolute atomic E-state index is 0.311. The van der Waals surface area contributed by atoms with Crippen molar-refractivity contribution in [3.05, 3.63) is 24.3 Å². The Morgan fingerprint density at radius 3 is 3.07 bits per heavy atom. The van der Waals surface area contributed by atoms with Crippen molar-refractivity contribution in [2.45, 2.75) is 5.44 Å². The lowest BCUT2D eigenvalue weighted by atomic mass is 10.3. The summed E-state index contributed by atoms with van der Waals surface area (Å²) in [6, 6.07) is 2.71. The van der Waals surface area contributed by atoms with Gasteiger partial charge in [-0.1, -0.05) is 0 Å². The van der Waals surface area contributed by atoms with Crippen molar-refractivity contribution in [2.24, 2.45) is 0 Å². The van der Waals surface area contributed by atoms with Crippen LogP contribution in [0.1, 0.15) is 0 Å². The molecule has 1 aliphatic heterocycles. The molecule has 2 heterocycles. The minimum atomic E-state index is -0.627. The summed E-state index contributed by atoms with van der Waals surface area (Å²) in [5.41, 5.74) is -0.0298. The Kier molecular flexibility index (Phi) is 2.28. The zero-order valence-corrected chi connectivity index (χ0v) is 7.95. The van der Waals surface area contributed by atoms with E-state index in [1.807, 2.05) is 0 Å². The van der Waals surface area contributed by atoms with E-state index in [4.69, 9.17) is 4.74 Å². The molecule has 0 N–H and O–H groups in total. The molecule has 2 rings (SSSR count). The highest BCUT2D eigenvalue weighted by atomic mass is 32.1. The molecule has 0 bridgehead atoms. The van der Waals surface area contributed by atoms with Crippen LogP contribution < -0.4 is 4.90 Å². The lowest BCUT2D eigenvalue weighted by Crippen LogP contribution is -2.23. The maximum atomic E-state index is 12.7. The third kappa shape index (κ3) is 1.65. The van der Waals surface area contributed by atoms with Crippen LogP contribution in [0, 0.1) is 5.95 Å². The second-order valence-electron chi connectivity index (χ2n) is 2.79. The molecule has 0 spiro atoms. The Morgan fingerprint density at radius 2 is 2.50 bits per heavy atom. The maximum absolute atomic E-state index is 12.7. The van der Waals surface area contributed by atoms with Crippen LogP contribution >= 0.6 is 12.6 Å². The molecule has 0 aromatic carbocycles. The molecule has 4 nitrogen and oxygen atoms in total.